The van der Waals surface area contributed by atoms with Crippen LogP contribution in [0.5, 0.6) is 0 Å². The van der Waals surface area contributed by atoms with E-state index in [1.807, 2.05) is 33.1 Å². The van der Waals surface area contributed by atoms with Crippen LogP contribution in [0.25, 0.3) is 0 Å². The Morgan fingerprint density at radius 2 is 1.92 bits per heavy atom. The lowest BCUT2D eigenvalue weighted by Crippen LogP contribution is -2.55. The summed E-state index contributed by atoms with van der Waals surface area (Å²) in [7, 11) is 0. The molecule has 0 aromatic carbocycles. The van der Waals surface area contributed by atoms with Gasteiger partial charge in [-0.3, -0.25) is 10.4 Å². The number of amides is 2. The number of nitrogens with one attached hydrogen (secondary N) is 1. The Morgan fingerprint density at radius 3 is 2.17 bits per heavy atom. The van der Waals surface area contributed by atoms with Crippen molar-refractivity contribution in [1.82, 2.24) is 10.4 Å². The zero-order chi connectivity index (χ0) is 9.94. The molecule has 0 heterocycles. The van der Waals surface area contributed by atoms with Gasteiger partial charge in [-0.05, 0) is 12.3 Å². The van der Waals surface area contributed by atoms with Gasteiger partial charge < -0.3 is 0 Å². The Balaban J connectivity index is 4.29. The first kappa shape index (κ1) is 11.2. The van der Waals surface area contributed by atoms with Crippen molar-refractivity contribution in [3.63, 3.8) is 0 Å². The lowest BCUT2D eigenvalue weighted by atomic mass is 9.88. The van der Waals surface area contributed by atoms with Gasteiger partial charge in [0, 0.05) is 0 Å². The van der Waals surface area contributed by atoms with Crippen LogP contribution in [-0.2, 0) is 0 Å². The van der Waals surface area contributed by atoms with Gasteiger partial charge in [-0.2, -0.15) is 0 Å². The molecule has 0 aromatic heterocycles. The van der Waals surface area contributed by atoms with Crippen molar-refractivity contribution in [2.45, 2.75) is 33.7 Å². The molecule has 0 radical (unpaired) electrons. The summed E-state index contributed by atoms with van der Waals surface area (Å²) in [6, 6.07) is -0.543. The zero-order valence-electron chi connectivity index (χ0n) is 8.09. The third kappa shape index (κ3) is 2.67. The second-order valence-electron chi connectivity index (χ2n) is 3.90. The van der Waals surface area contributed by atoms with Gasteiger partial charge in [0.2, 0.25) is 0 Å². The molecule has 1 atom stereocenters. The summed E-state index contributed by atoms with van der Waals surface area (Å²) >= 11 is 0. The summed E-state index contributed by atoms with van der Waals surface area (Å²) in [6.07, 6.45) is 0. The summed E-state index contributed by atoms with van der Waals surface area (Å²) in [5.41, 5.74) is 1.93. The molecule has 0 rings (SSSR count). The van der Waals surface area contributed by atoms with Crippen LogP contribution in [0, 0.1) is 5.41 Å². The van der Waals surface area contributed by atoms with Crippen LogP contribution in [0.1, 0.15) is 27.7 Å². The third-order valence-corrected chi connectivity index (χ3v) is 2.03. The normalized spacial score (nSPS) is 13.8. The summed E-state index contributed by atoms with van der Waals surface area (Å²) in [5.74, 6) is 10.4. The SMILES string of the molecule is CC(N(N)C(=O)NN)C(C)(C)C. The van der Waals surface area contributed by atoms with Crippen molar-refractivity contribution in [2.75, 3.05) is 0 Å². The van der Waals surface area contributed by atoms with E-state index < -0.39 is 6.03 Å². The number of rotatable bonds is 1. The number of hydrazine groups is 2. The van der Waals surface area contributed by atoms with E-state index in [1.54, 1.807) is 0 Å². The molecule has 0 spiro atoms. The Morgan fingerprint density at radius 1 is 1.50 bits per heavy atom. The van der Waals surface area contributed by atoms with E-state index >= 15 is 0 Å². The molecule has 0 fully saturated rings. The molecule has 0 aliphatic rings. The Kier molecular flexibility index (Phi) is 3.48. The fourth-order valence-electron chi connectivity index (χ4n) is 0.668. The van der Waals surface area contributed by atoms with Gasteiger partial charge in [-0.25, -0.2) is 16.5 Å². The summed E-state index contributed by atoms with van der Waals surface area (Å²) in [5, 5.41) is 1.10. The van der Waals surface area contributed by atoms with Crippen molar-refractivity contribution in [2.24, 2.45) is 17.1 Å². The van der Waals surface area contributed by atoms with Gasteiger partial charge >= 0.3 is 6.03 Å². The summed E-state index contributed by atoms with van der Waals surface area (Å²) in [6.45, 7) is 7.87. The van der Waals surface area contributed by atoms with Crippen molar-refractivity contribution in [3.8, 4) is 0 Å². The number of urea groups is 1. The molecule has 5 N–H and O–H groups in total. The van der Waals surface area contributed by atoms with Crippen LogP contribution in [0.15, 0.2) is 0 Å². The van der Waals surface area contributed by atoms with E-state index in [2.05, 4.69) is 0 Å². The minimum absolute atomic E-state index is 0.0543. The van der Waals surface area contributed by atoms with Crippen molar-refractivity contribution < 1.29 is 4.79 Å². The predicted molar refractivity (Wildman–Crippen MR) is 47.7 cm³/mol. The van der Waals surface area contributed by atoms with E-state index in [9.17, 15) is 4.79 Å². The molecule has 5 nitrogen and oxygen atoms in total. The lowest BCUT2D eigenvalue weighted by Gasteiger charge is -2.33. The maximum absolute atomic E-state index is 11.0. The van der Waals surface area contributed by atoms with Gasteiger partial charge in [0.05, 0.1) is 6.04 Å². The Bertz CT molecular complexity index is 163. The summed E-state index contributed by atoms with van der Waals surface area (Å²) in [4.78, 5) is 11.0. The van der Waals surface area contributed by atoms with E-state index in [0.717, 1.165) is 5.01 Å². The number of carbonyl (C=O) groups is 1. The smallest absolute Gasteiger partial charge is 0.275 e. The molecule has 0 aromatic rings. The van der Waals surface area contributed by atoms with Gasteiger partial charge in [0.1, 0.15) is 0 Å². The van der Waals surface area contributed by atoms with E-state index in [4.69, 9.17) is 11.7 Å². The van der Waals surface area contributed by atoms with Crippen molar-refractivity contribution in [3.05, 3.63) is 0 Å². The average molecular weight is 174 g/mol. The molecule has 0 bridgehead atoms. The molecule has 1 unspecified atom stereocenters. The number of hydrogen-bond donors (Lipinski definition) is 3. The number of nitrogens with two attached hydrogens (primary N) is 2. The second-order valence-corrected chi connectivity index (χ2v) is 3.90. The molecule has 0 saturated carbocycles. The maximum Gasteiger partial charge on any atom is 0.345 e. The standard InChI is InChI=1S/C7H18N4O/c1-5(7(2,3)4)11(9)6(12)10-8/h5H,8-9H2,1-4H3,(H,10,12). The molecule has 72 valence electrons. The van der Waals surface area contributed by atoms with Gasteiger partial charge in [0.15, 0.2) is 0 Å². The van der Waals surface area contributed by atoms with Crippen LogP contribution in [0.3, 0.4) is 0 Å². The minimum atomic E-state index is -0.475. The summed E-state index contributed by atoms with van der Waals surface area (Å²) < 4.78 is 0. The lowest BCUT2D eigenvalue weighted by molar-refractivity contribution is 0.128. The molecule has 12 heavy (non-hydrogen) atoms. The molecule has 0 saturated heterocycles. The first-order valence-corrected chi connectivity index (χ1v) is 3.85. The quantitative estimate of drug-likeness (QED) is 0.301. The Labute approximate surface area is 73.0 Å². The fourth-order valence-corrected chi connectivity index (χ4v) is 0.668. The van der Waals surface area contributed by atoms with Crippen LogP contribution < -0.4 is 17.1 Å². The second kappa shape index (κ2) is 3.73. The molecule has 0 aliphatic heterocycles. The van der Waals surface area contributed by atoms with Crippen LogP contribution in [-0.4, -0.2) is 17.1 Å². The fraction of sp³-hybridized carbons (Fsp3) is 0.857. The predicted octanol–water partition coefficient (Wildman–Crippen LogP) is 0.180. The Hall–Kier alpha value is -0.810. The molecule has 5 heteroatoms. The van der Waals surface area contributed by atoms with Gasteiger partial charge in [-0.1, -0.05) is 20.8 Å². The number of carbonyl (C=O) groups excluding carboxylic acids is 1. The third-order valence-electron chi connectivity index (χ3n) is 2.03. The zero-order valence-corrected chi connectivity index (χ0v) is 8.09. The van der Waals surface area contributed by atoms with E-state index in [0.29, 0.717) is 0 Å². The van der Waals surface area contributed by atoms with Gasteiger partial charge in [0.25, 0.3) is 0 Å². The topological polar surface area (TPSA) is 84.4 Å². The highest BCUT2D eigenvalue weighted by atomic mass is 16.2. The molecule has 2 amide bonds. The van der Waals surface area contributed by atoms with E-state index in [1.165, 1.54) is 0 Å². The number of hydrogen-bond acceptors (Lipinski definition) is 3. The highest BCUT2D eigenvalue weighted by molar-refractivity contribution is 5.73. The molecule has 0 aliphatic carbocycles. The highest BCUT2D eigenvalue weighted by Gasteiger charge is 2.27. The van der Waals surface area contributed by atoms with E-state index in [-0.39, 0.29) is 11.5 Å². The van der Waals surface area contributed by atoms with Crippen LogP contribution in [0.4, 0.5) is 4.79 Å². The first-order valence-electron chi connectivity index (χ1n) is 3.85. The number of nitrogens with zero attached hydrogens (tertiary/aromatic N) is 1. The van der Waals surface area contributed by atoms with Crippen LogP contribution in [0.2, 0.25) is 0 Å². The van der Waals surface area contributed by atoms with Crippen molar-refractivity contribution in [1.29, 1.82) is 0 Å². The van der Waals surface area contributed by atoms with Crippen molar-refractivity contribution >= 4 is 6.03 Å². The monoisotopic (exact) mass is 174 g/mol. The van der Waals surface area contributed by atoms with Gasteiger partial charge in [-0.15, -0.1) is 0 Å². The highest BCUT2D eigenvalue weighted by Crippen LogP contribution is 2.21. The van der Waals surface area contributed by atoms with Crippen LogP contribution >= 0.6 is 0 Å². The minimum Gasteiger partial charge on any atom is -0.275 e. The molecular formula is C7H18N4O. The molecular weight excluding hydrogens is 156 g/mol. The maximum atomic E-state index is 11.0. The first-order chi connectivity index (χ1) is 5.30. The largest absolute Gasteiger partial charge is 0.345 e. The average Bonchev–Trinajstić information content (AvgIpc) is 1.98.